The SMILES string of the molecule is CCc1nsc(NCc2ncc(CC)s2)n1. The van der Waals surface area contributed by atoms with Crippen molar-refractivity contribution in [2.24, 2.45) is 0 Å². The molecule has 86 valence electrons. The Balaban J connectivity index is 1.91. The Morgan fingerprint density at radius 3 is 2.81 bits per heavy atom. The Labute approximate surface area is 103 Å². The van der Waals surface area contributed by atoms with E-state index in [2.05, 4.69) is 33.5 Å². The number of aryl methyl sites for hydroxylation is 2. The zero-order valence-electron chi connectivity index (χ0n) is 9.36. The van der Waals surface area contributed by atoms with Gasteiger partial charge in [0, 0.05) is 29.0 Å². The van der Waals surface area contributed by atoms with Crippen LogP contribution >= 0.6 is 22.9 Å². The van der Waals surface area contributed by atoms with Crippen LogP contribution in [0.25, 0.3) is 0 Å². The van der Waals surface area contributed by atoms with Crippen molar-refractivity contribution >= 4 is 28.0 Å². The molecule has 1 N–H and O–H groups in total. The second kappa shape index (κ2) is 5.36. The summed E-state index contributed by atoms with van der Waals surface area (Å²) in [6, 6.07) is 0. The second-order valence-electron chi connectivity index (χ2n) is 3.30. The van der Waals surface area contributed by atoms with Crippen molar-refractivity contribution in [1.82, 2.24) is 14.3 Å². The molecule has 0 saturated heterocycles. The zero-order chi connectivity index (χ0) is 11.4. The van der Waals surface area contributed by atoms with E-state index in [-0.39, 0.29) is 0 Å². The van der Waals surface area contributed by atoms with Gasteiger partial charge in [-0.25, -0.2) is 9.97 Å². The lowest BCUT2D eigenvalue weighted by molar-refractivity contribution is 0.991. The van der Waals surface area contributed by atoms with E-state index in [0.29, 0.717) is 0 Å². The first-order valence-electron chi connectivity index (χ1n) is 5.31. The predicted molar refractivity (Wildman–Crippen MR) is 68.1 cm³/mol. The molecule has 0 spiro atoms. The molecule has 0 aromatic carbocycles. The van der Waals surface area contributed by atoms with E-state index >= 15 is 0 Å². The minimum absolute atomic E-state index is 0.739. The molecule has 0 fully saturated rings. The highest BCUT2D eigenvalue weighted by Gasteiger charge is 2.04. The van der Waals surface area contributed by atoms with E-state index in [1.165, 1.54) is 16.4 Å². The van der Waals surface area contributed by atoms with E-state index < -0.39 is 0 Å². The summed E-state index contributed by atoms with van der Waals surface area (Å²) in [5, 5.41) is 5.23. The van der Waals surface area contributed by atoms with Gasteiger partial charge in [-0.1, -0.05) is 13.8 Å². The van der Waals surface area contributed by atoms with Crippen molar-refractivity contribution in [3.63, 3.8) is 0 Å². The summed E-state index contributed by atoms with van der Waals surface area (Å²) in [6.45, 7) is 4.94. The molecule has 6 heteroatoms. The third kappa shape index (κ3) is 2.76. The first-order chi connectivity index (χ1) is 7.81. The number of nitrogens with zero attached hydrogens (tertiary/aromatic N) is 3. The Bertz CT molecular complexity index is 407. The van der Waals surface area contributed by atoms with Crippen molar-refractivity contribution in [2.45, 2.75) is 33.2 Å². The molecule has 2 rings (SSSR count). The maximum absolute atomic E-state index is 4.34. The van der Waals surface area contributed by atoms with Gasteiger partial charge in [-0.05, 0) is 6.42 Å². The van der Waals surface area contributed by atoms with Crippen LogP contribution in [-0.2, 0) is 19.4 Å². The molecular formula is C10H14N4S2. The van der Waals surface area contributed by atoms with Crippen molar-refractivity contribution in [3.8, 4) is 0 Å². The highest BCUT2D eigenvalue weighted by atomic mass is 32.1. The minimum Gasteiger partial charge on any atom is -0.354 e. The minimum atomic E-state index is 0.739. The normalized spacial score (nSPS) is 10.6. The Hall–Kier alpha value is -1.01. The molecule has 4 nitrogen and oxygen atoms in total. The van der Waals surface area contributed by atoms with Crippen molar-refractivity contribution in [2.75, 3.05) is 5.32 Å². The van der Waals surface area contributed by atoms with Gasteiger partial charge in [0.05, 0.1) is 6.54 Å². The summed E-state index contributed by atoms with van der Waals surface area (Å²) in [5.74, 6) is 0.904. The second-order valence-corrected chi connectivity index (χ2v) is 5.25. The quantitative estimate of drug-likeness (QED) is 0.891. The van der Waals surface area contributed by atoms with E-state index in [1.54, 1.807) is 11.3 Å². The average Bonchev–Trinajstić information content (AvgIpc) is 2.95. The van der Waals surface area contributed by atoms with Crippen LogP contribution in [0.1, 0.15) is 29.6 Å². The van der Waals surface area contributed by atoms with Crippen LogP contribution < -0.4 is 5.32 Å². The maximum Gasteiger partial charge on any atom is 0.202 e. The van der Waals surface area contributed by atoms with Crippen LogP contribution in [0.4, 0.5) is 5.13 Å². The Morgan fingerprint density at radius 2 is 2.19 bits per heavy atom. The van der Waals surface area contributed by atoms with Gasteiger partial charge in [0.2, 0.25) is 5.13 Å². The summed E-state index contributed by atoms with van der Waals surface area (Å²) in [6.07, 6.45) is 3.88. The smallest absolute Gasteiger partial charge is 0.202 e. The van der Waals surface area contributed by atoms with E-state index in [0.717, 1.165) is 35.3 Å². The molecule has 0 amide bonds. The molecule has 0 saturated carbocycles. The van der Waals surface area contributed by atoms with Gasteiger partial charge in [-0.3, -0.25) is 0 Å². The first-order valence-corrected chi connectivity index (χ1v) is 6.90. The zero-order valence-corrected chi connectivity index (χ0v) is 11.0. The van der Waals surface area contributed by atoms with Crippen molar-refractivity contribution in [3.05, 3.63) is 21.9 Å². The van der Waals surface area contributed by atoms with Crippen LogP contribution in [0.2, 0.25) is 0 Å². The summed E-state index contributed by atoms with van der Waals surface area (Å²) in [4.78, 5) is 10.0. The fourth-order valence-corrected chi connectivity index (χ4v) is 2.66. The van der Waals surface area contributed by atoms with Crippen molar-refractivity contribution in [1.29, 1.82) is 0 Å². The molecule has 0 bridgehead atoms. The number of aromatic nitrogens is 3. The van der Waals surface area contributed by atoms with Crippen LogP contribution in [-0.4, -0.2) is 14.3 Å². The average molecular weight is 254 g/mol. The topological polar surface area (TPSA) is 50.7 Å². The monoisotopic (exact) mass is 254 g/mol. The van der Waals surface area contributed by atoms with E-state index in [9.17, 15) is 0 Å². The van der Waals surface area contributed by atoms with Crippen LogP contribution in [0.15, 0.2) is 6.20 Å². The van der Waals surface area contributed by atoms with Gasteiger partial charge in [-0.15, -0.1) is 11.3 Å². The molecule has 0 unspecified atom stereocenters. The molecule has 0 aliphatic rings. The van der Waals surface area contributed by atoms with E-state index in [1.807, 2.05) is 6.20 Å². The number of rotatable bonds is 5. The molecule has 2 aromatic rings. The van der Waals surface area contributed by atoms with Crippen LogP contribution in [0.3, 0.4) is 0 Å². The number of thiazole rings is 1. The fraction of sp³-hybridized carbons (Fsp3) is 0.500. The third-order valence-electron chi connectivity index (χ3n) is 2.13. The summed E-state index contributed by atoms with van der Waals surface area (Å²) in [5.41, 5.74) is 0. The summed E-state index contributed by atoms with van der Waals surface area (Å²) < 4.78 is 4.22. The first kappa shape index (κ1) is 11.5. The number of hydrogen-bond donors (Lipinski definition) is 1. The standard InChI is InChI=1S/C10H14N4S2/c1-3-7-5-11-9(15-7)6-12-10-13-8(4-2)14-16-10/h5H,3-4,6H2,1-2H3,(H,12,13,14). The van der Waals surface area contributed by atoms with Gasteiger partial charge in [0.15, 0.2) is 0 Å². The molecule has 0 radical (unpaired) electrons. The molecular weight excluding hydrogens is 240 g/mol. The molecule has 0 aliphatic heterocycles. The lowest BCUT2D eigenvalue weighted by Gasteiger charge is -1.96. The highest BCUT2D eigenvalue weighted by molar-refractivity contribution is 7.11. The van der Waals surface area contributed by atoms with Gasteiger partial charge in [0.25, 0.3) is 0 Å². The largest absolute Gasteiger partial charge is 0.354 e. The van der Waals surface area contributed by atoms with Crippen LogP contribution in [0, 0.1) is 0 Å². The highest BCUT2D eigenvalue weighted by Crippen LogP contribution is 2.16. The Morgan fingerprint density at radius 1 is 1.31 bits per heavy atom. The number of hydrogen-bond acceptors (Lipinski definition) is 6. The summed E-state index contributed by atoms with van der Waals surface area (Å²) >= 11 is 3.16. The molecule has 0 atom stereocenters. The lowest BCUT2D eigenvalue weighted by atomic mass is 10.4. The molecule has 2 heterocycles. The fourth-order valence-electron chi connectivity index (χ4n) is 1.21. The number of anilines is 1. The van der Waals surface area contributed by atoms with Gasteiger partial charge < -0.3 is 5.32 Å². The third-order valence-corrected chi connectivity index (χ3v) is 3.98. The van der Waals surface area contributed by atoms with Crippen molar-refractivity contribution < 1.29 is 0 Å². The molecule has 16 heavy (non-hydrogen) atoms. The number of nitrogens with one attached hydrogen (secondary N) is 1. The molecule has 0 aliphatic carbocycles. The van der Waals surface area contributed by atoms with Crippen LogP contribution in [0.5, 0.6) is 0 Å². The van der Waals surface area contributed by atoms with Gasteiger partial charge >= 0.3 is 0 Å². The van der Waals surface area contributed by atoms with Gasteiger partial charge in [0.1, 0.15) is 10.8 Å². The maximum atomic E-state index is 4.34. The molecule has 2 aromatic heterocycles. The lowest BCUT2D eigenvalue weighted by Crippen LogP contribution is -1.98. The Kier molecular flexibility index (Phi) is 3.84. The predicted octanol–water partition coefficient (Wildman–Crippen LogP) is 2.73. The summed E-state index contributed by atoms with van der Waals surface area (Å²) in [7, 11) is 0. The van der Waals surface area contributed by atoms with E-state index in [4.69, 9.17) is 0 Å². The van der Waals surface area contributed by atoms with Gasteiger partial charge in [-0.2, -0.15) is 4.37 Å².